The Morgan fingerprint density at radius 2 is 1.88 bits per heavy atom. The van der Waals surface area contributed by atoms with E-state index in [2.05, 4.69) is 15.9 Å². The Hall–Kier alpha value is -0.440. The molecule has 1 rings (SSSR count). The first-order chi connectivity index (χ1) is 7.25. The molecule has 0 aromatic heterocycles. The van der Waals surface area contributed by atoms with Gasteiger partial charge in [0.15, 0.2) is 0 Å². The highest BCUT2D eigenvalue weighted by Gasteiger charge is 2.29. The first-order valence-electron chi connectivity index (χ1n) is 5.35. The average molecular weight is 291 g/mol. The van der Waals surface area contributed by atoms with Crippen molar-refractivity contribution in [3.63, 3.8) is 0 Å². The summed E-state index contributed by atoms with van der Waals surface area (Å²) < 4.78 is 27.7. The second-order valence-corrected chi connectivity index (χ2v) is 6.49. The van der Waals surface area contributed by atoms with Crippen molar-refractivity contribution in [3.05, 3.63) is 34.9 Å². The SMILES string of the molecule is Cc1ccc(F)c(C(C)(C)CC(C)Br)c1F. The van der Waals surface area contributed by atoms with Crippen molar-refractivity contribution in [1.29, 1.82) is 0 Å². The number of hydrogen-bond acceptors (Lipinski definition) is 0. The fraction of sp³-hybridized carbons (Fsp3) is 0.538. The van der Waals surface area contributed by atoms with E-state index in [1.807, 2.05) is 20.8 Å². The first kappa shape index (κ1) is 13.6. The summed E-state index contributed by atoms with van der Waals surface area (Å²) in [5, 5.41) is 0. The van der Waals surface area contributed by atoms with Crippen LogP contribution in [0.1, 0.15) is 38.3 Å². The maximum atomic E-state index is 14.0. The number of benzene rings is 1. The Morgan fingerprint density at radius 1 is 1.31 bits per heavy atom. The van der Waals surface area contributed by atoms with Gasteiger partial charge in [-0.25, -0.2) is 8.78 Å². The smallest absolute Gasteiger partial charge is 0.132 e. The minimum absolute atomic E-state index is 0.193. The Morgan fingerprint density at radius 3 is 2.38 bits per heavy atom. The van der Waals surface area contributed by atoms with Gasteiger partial charge < -0.3 is 0 Å². The normalized spacial score (nSPS) is 13.9. The molecule has 0 bridgehead atoms. The summed E-state index contributed by atoms with van der Waals surface area (Å²) in [5.74, 6) is -0.876. The second-order valence-electron chi connectivity index (χ2n) is 4.92. The van der Waals surface area contributed by atoms with Crippen LogP contribution in [0, 0.1) is 18.6 Å². The highest BCUT2D eigenvalue weighted by Crippen LogP contribution is 2.34. The molecule has 0 fully saturated rings. The maximum Gasteiger partial charge on any atom is 0.132 e. The van der Waals surface area contributed by atoms with Crippen LogP contribution in [0.3, 0.4) is 0 Å². The van der Waals surface area contributed by atoms with E-state index in [1.54, 1.807) is 6.92 Å². The zero-order valence-corrected chi connectivity index (χ0v) is 11.7. The van der Waals surface area contributed by atoms with Gasteiger partial charge in [-0.15, -0.1) is 0 Å². The molecule has 0 saturated carbocycles. The fourth-order valence-corrected chi connectivity index (χ4v) is 2.89. The van der Waals surface area contributed by atoms with E-state index >= 15 is 0 Å². The molecule has 0 spiro atoms. The zero-order chi connectivity index (χ0) is 12.5. The lowest BCUT2D eigenvalue weighted by molar-refractivity contribution is 0.420. The van der Waals surface area contributed by atoms with Crippen LogP contribution in [0.25, 0.3) is 0 Å². The zero-order valence-electron chi connectivity index (χ0n) is 10.1. The van der Waals surface area contributed by atoms with E-state index in [-0.39, 0.29) is 10.4 Å². The summed E-state index contributed by atoms with van der Waals surface area (Å²) in [7, 11) is 0. The third-order valence-corrected chi connectivity index (χ3v) is 3.08. The third-order valence-electron chi connectivity index (χ3n) is 2.75. The second kappa shape index (κ2) is 4.82. The Bertz CT molecular complexity index is 384. The first-order valence-corrected chi connectivity index (χ1v) is 6.26. The molecule has 0 amide bonds. The van der Waals surface area contributed by atoms with Crippen LogP contribution in [0.15, 0.2) is 12.1 Å². The summed E-state index contributed by atoms with van der Waals surface area (Å²) in [6, 6.07) is 2.82. The monoisotopic (exact) mass is 290 g/mol. The van der Waals surface area contributed by atoms with E-state index in [1.165, 1.54) is 12.1 Å². The van der Waals surface area contributed by atoms with Gasteiger partial charge >= 0.3 is 0 Å². The number of alkyl halides is 1. The number of halogens is 3. The van der Waals surface area contributed by atoms with Gasteiger partial charge in [-0.05, 0) is 30.4 Å². The summed E-state index contributed by atoms with van der Waals surface area (Å²) in [6.45, 7) is 7.37. The van der Waals surface area contributed by atoms with Crippen molar-refractivity contribution in [1.82, 2.24) is 0 Å². The predicted molar refractivity (Wildman–Crippen MR) is 67.1 cm³/mol. The minimum atomic E-state index is -0.511. The van der Waals surface area contributed by atoms with Gasteiger partial charge in [-0.1, -0.05) is 42.8 Å². The van der Waals surface area contributed by atoms with Gasteiger partial charge in [0.05, 0.1) is 0 Å². The van der Waals surface area contributed by atoms with E-state index in [9.17, 15) is 8.78 Å². The van der Waals surface area contributed by atoms with E-state index in [4.69, 9.17) is 0 Å². The van der Waals surface area contributed by atoms with Gasteiger partial charge in [0, 0.05) is 10.4 Å². The van der Waals surface area contributed by atoms with E-state index in [0.717, 1.165) is 0 Å². The number of aryl methyl sites for hydroxylation is 1. The highest BCUT2D eigenvalue weighted by atomic mass is 79.9. The van der Waals surface area contributed by atoms with Crippen molar-refractivity contribution < 1.29 is 8.78 Å². The fourth-order valence-electron chi connectivity index (χ4n) is 2.08. The molecule has 0 aliphatic rings. The molecule has 0 N–H and O–H groups in total. The molecule has 0 aliphatic heterocycles. The number of hydrogen-bond donors (Lipinski definition) is 0. The molecule has 0 saturated heterocycles. The molecule has 0 radical (unpaired) electrons. The molecule has 0 nitrogen and oxygen atoms in total. The highest BCUT2D eigenvalue weighted by molar-refractivity contribution is 9.09. The molecule has 1 unspecified atom stereocenters. The standard InChI is InChI=1S/C13H17BrF2/c1-8-5-6-10(15)11(12(8)16)13(3,4)7-9(2)14/h5-6,9H,7H2,1-4H3. The van der Waals surface area contributed by atoms with Gasteiger partial charge in [0.25, 0.3) is 0 Å². The summed E-state index contributed by atoms with van der Waals surface area (Å²) >= 11 is 3.43. The van der Waals surface area contributed by atoms with Gasteiger partial charge in [0.1, 0.15) is 11.6 Å². The quantitative estimate of drug-likeness (QED) is 0.707. The largest absolute Gasteiger partial charge is 0.207 e. The molecule has 3 heteroatoms. The van der Waals surface area contributed by atoms with Crippen molar-refractivity contribution in [3.8, 4) is 0 Å². The molecule has 1 aromatic carbocycles. The summed E-state index contributed by atoms with van der Waals surface area (Å²) in [6.07, 6.45) is 0.685. The Balaban J connectivity index is 3.26. The topological polar surface area (TPSA) is 0 Å². The summed E-state index contributed by atoms with van der Waals surface area (Å²) in [5.41, 5.74) is 0.175. The van der Waals surface area contributed by atoms with Crippen LogP contribution in [-0.4, -0.2) is 4.83 Å². The Labute approximate surface area is 104 Å². The number of rotatable bonds is 3. The lowest BCUT2D eigenvalue weighted by Gasteiger charge is -2.28. The van der Waals surface area contributed by atoms with E-state index in [0.29, 0.717) is 12.0 Å². The van der Waals surface area contributed by atoms with Crippen LogP contribution in [0.4, 0.5) is 8.78 Å². The van der Waals surface area contributed by atoms with Crippen molar-refractivity contribution in [2.45, 2.75) is 44.4 Å². The van der Waals surface area contributed by atoms with Crippen LogP contribution >= 0.6 is 15.9 Å². The van der Waals surface area contributed by atoms with Crippen molar-refractivity contribution in [2.24, 2.45) is 0 Å². The van der Waals surface area contributed by atoms with E-state index < -0.39 is 17.0 Å². The van der Waals surface area contributed by atoms with Crippen LogP contribution in [-0.2, 0) is 5.41 Å². The van der Waals surface area contributed by atoms with Crippen molar-refractivity contribution >= 4 is 15.9 Å². The lowest BCUT2D eigenvalue weighted by atomic mass is 9.79. The van der Waals surface area contributed by atoms with Gasteiger partial charge in [0.2, 0.25) is 0 Å². The average Bonchev–Trinajstić information content (AvgIpc) is 2.09. The molecule has 90 valence electrons. The molecule has 1 aromatic rings. The molecular weight excluding hydrogens is 274 g/mol. The third kappa shape index (κ3) is 2.82. The van der Waals surface area contributed by atoms with Gasteiger partial charge in [-0.2, -0.15) is 0 Å². The maximum absolute atomic E-state index is 14.0. The van der Waals surface area contributed by atoms with Crippen molar-refractivity contribution in [2.75, 3.05) is 0 Å². The molecule has 1 atom stereocenters. The Kier molecular flexibility index (Phi) is 4.11. The van der Waals surface area contributed by atoms with Gasteiger partial charge in [-0.3, -0.25) is 0 Å². The van der Waals surface area contributed by atoms with Crippen LogP contribution < -0.4 is 0 Å². The lowest BCUT2D eigenvalue weighted by Crippen LogP contribution is -2.24. The minimum Gasteiger partial charge on any atom is -0.207 e. The molecule has 0 aliphatic carbocycles. The molecule has 16 heavy (non-hydrogen) atoms. The van der Waals surface area contributed by atoms with Crippen LogP contribution in [0.5, 0.6) is 0 Å². The predicted octanol–water partition coefficient (Wildman–Crippen LogP) is 4.72. The molecule has 0 heterocycles. The van der Waals surface area contributed by atoms with Crippen LogP contribution in [0.2, 0.25) is 0 Å². The summed E-state index contributed by atoms with van der Waals surface area (Å²) in [4.78, 5) is 0.224. The molecular formula is C13H17BrF2.